The minimum Gasteiger partial charge on any atom is -0.464 e. The maximum atomic E-state index is 12.4. The molecular formula is C14H22N2O2. The molecule has 2 rings (SSSR count). The molecule has 0 bridgehead atoms. The number of amides is 1. The van der Waals surface area contributed by atoms with E-state index in [-0.39, 0.29) is 11.8 Å². The van der Waals surface area contributed by atoms with E-state index in [0.29, 0.717) is 19.1 Å². The molecule has 1 fully saturated rings. The Balaban J connectivity index is 2.01. The number of nitrogens with zero attached hydrogens (tertiary/aromatic N) is 1. The van der Waals surface area contributed by atoms with E-state index in [1.807, 2.05) is 30.9 Å². The molecule has 1 unspecified atom stereocenters. The van der Waals surface area contributed by atoms with Crippen LogP contribution in [0.25, 0.3) is 0 Å². The largest absolute Gasteiger partial charge is 0.464 e. The third kappa shape index (κ3) is 3.13. The first-order valence-corrected chi connectivity index (χ1v) is 6.67. The highest BCUT2D eigenvalue weighted by molar-refractivity contribution is 5.79. The number of hydrogen-bond donors (Lipinski definition) is 1. The van der Waals surface area contributed by atoms with Gasteiger partial charge in [0.1, 0.15) is 11.5 Å². The van der Waals surface area contributed by atoms with Crippen molar-refractivity contribution in [2.45, 2.75) is 45.7 Å². The van der Waals surface area contributed by atoms with E-state index < -0.39 is 0 Å². The van der Waals surface area contributed by atoms with Gasteiger partial charge in [0.2, 0.25) is 5.91 Å². The fraction of sp³-hybridized carbons (Fsp3) is 0.643. The molecule has 18 heavy (non-hydrogen) atoms. The van der Waals surface area contributed by atoms with Crippen molar-refractivity contribution >= 4 is 5.91 Å². The summed E-state index contributed by atoms with van der Waals surface area (Å²) in [7, 11) is 0. The minimum absolute atomic E-state index is 0.00617. The van der Waals surface area contributed by atoms with Crippen LogP contribution in [0.15, 0.2) is 16.5 Å². The van der Waals surface area contributed by atoms with Gasteiger partial charge in [-0.05, 0) is 44.9 Å². The Morgan fingerprint density at radius 3 is 2.78 bits per heavy atom. The van der Waals surface area contributed by atoms with Crippen LogP contribution in [0.5, 0.6) is 0 Å². The van der Waals surface area contributed by atoms with E-state index in [1.165, 1.54) is 0 Å². The molecular weight excluding hydrogens is 228 g/mol. The molecule has 1 saturated carbocycles. The lowest BCUT2D eigenvalue weighted by Gasteiger charge is -2.24. The van der Waals surface area contributed by atoms with Gasteiger partial charge in [0.05, 0.1) is 6.54 Å². The van der Waals surface area contributed by atoms with Crippen LogP contribution in [0.3, 0.4) is 0 Å². The summed E-state index contributed by atoms with van der Waals surface area (Å²) in [6, 6.07) is 4.29. The molecule has 100 valence electrons. The van der Waals surface area contributed by atoms with Crippen molar-refractivity contribution in [3.05, 3.63) is 23.7 Å². The highest BCUT2D eigenvalue weighted by Gasteiger charge is 2.34. The number of aryl methyl sites for hydroxylation is 1. The zero-order valence-electron chi connectivity index (χ0n) is 11.2. The van der Waals surface area contributed by atoms with Gasteiger partial charge >= 0.3 is 0 Å². The van der Waals surface area contributed by atoms with Crippen LogP contribution in [-0.2, 0) is 11.3 Å². The summed E-state index contributed by atoms with van der Waals surface area (Å²) < 4.78 is 5.56. The number of rotatable bonds is 6. The van der Waals surface area contributed by atoms with Crippen molar-refractivity contribution < 1.29 is 9.21 Å². The molecule has 1 amide bonds. The van der Waals surface area contributed by atoms with Gasteiger partial charge in [-0.15, -0.1) is 0 Å². The van der Waals surface area contributed by atoms with Gasteiger partial charge in [0.15, 0.2) is 0 Å². The summed E-state index contributed by atoms with van der Waals surface area (Å²) >= 11 is 0. The van der Waals surface area contributed by atoms with E-state index in [2.05, 4.69) is 0 Å². The summed E-state index contributed by atoms with van der Waals surface area (Å²) in [6.07, 6.45) is 2.97. The summed E-state index contributed by atoms with van der Waals surface area (Å²) in [6.45, 7) is 5.03. The predicted molar refractivity (Wildman–Crippen MR) is 69.9 cm³/mol. The minimum atomic E-state index is 0.00617. The lowest BCUT2D eigenvalue weighted by atomic mass is 10.1. The first kappa shape index (κ1) is 13.1. The Labute approximate surface area is 108 Å². The zero-order valence-corrected chi connectivity index (χ0v) is 11.2. The van der Waals surface area contributed by atoms with Crippen molar-refractivity contribution in [3.63, 3.8) is 0 Å². The number of nitrogens with two attached hydrogens (primary N) is 1. The van der Waals surface area contributed by atoms with E-state index >= 15 is 0 Å². The Kier molecular flexibility index (Phi) is 4.07. The van der Waals surface area contributed by atoms with E-state index in [1.54, 1.807) is 0 Å². The number of carbonyl (C=O) groups excluding carboxylic acids is 1. The Bertz CT molecular complexity index is 410. The van der Waals surface area contributed by atoms with Crippen LogP contribution in [-0.4, -0.2) is 23.4 Å². The molecule has 4 nitrogen and oxygen atoms in total. The van der Waals surface area contributed by atoms with Crippen LogP contribution >= 0.6 is 0 Å². The summed E-state index contributed by atoms with van der Waals surface area (Å²) in [5.74, 6) is 1.97. The normalized spacial score (nSPS) is 16.6. The van der Waals surface area contributed by atoms with Crippen molar-refractivity contribution in [1.82, 2.24) is 4.90 Å². The second kappa shape index (κ2) is 5.57. The summed E-state index contributed by atoms with van der Waals surface area (Å²) in [4.78, 5) is 14.3. The molecule has 1 atom stereocenters. The second-order valence-corrected chi connectivity index (χ2v) is 5.19. The van der Waals surface area contributed by atoms with Crippen LogP contribution in [0.1, 0.15) is 37.7 Å². The number of hydrogen-bond acceptors (Lipinski definition) is 3. The lowest BCUT2D eigenvalue weighted by molar-refractivity contribution is -0.136. The van der Waals surface area contributed by atoms with Crippen LogP contribution in [0.2, 0.25) is 0 Å². The molecule has 1 heterocycles. The molecule has 1 aliphatic rings. The van der Waals surface area contributed by atoms with Crippen molar-refractivity contribution in [3.8, 4) is 0 Å². The molecule has 1 aliphatic carbocycles. The summed E-state index contributed by atoms with van der Waals surface area (Å²) in [5, 5.41) is 0. The fourth-order valence-electron chi connectivity index (χ4n) is 2.17. The maximum absolute atomic E-state index is 12.4. The SMILES string of the molecule is Cc1ccc(CN(C(=O)C(C)CCN)C2CC2)o1. The van der Waals surface area contributed by atoms with Gasteiger partial charge in [0, 0.05) is 12.0 Å². The van der Waals surface area contributed by atoms with Gasteiger partial charge in [-0.1, -0.05) is 6.92 Å². The monoisotopic (exact) mass is 250 g/mol. The molecule has 0 radical (unpaired) electrons. The average Bonchev–Trinajstić information content (AvgIpc) is 3.09. The highest BCUT2D eigenvalue weighted by atomic mass is 16.3. The van der Waals surface area contributed by atoms with Crippen LogP contribution in [0.4, 0.5) is 0 Å². The van der Waals surface area contributed by atoms with Crippen molar-refractivity contribution in [2.75, 3.05) is 6.54 Å². The molecule has 1 aromatic heterocycles. The van der Waals surface area contributed by atoms with Crippen molar-refractivity contribution in [1.29, 1.82) is 0 Å². The average molecular weight is 250 g/mol. The third-order valence-electron chi connectivity index (χ3n) is 3.41. The molecule has 2 N–H and O–H groups in total. The summed E-state index contributed by atoms with van der Waals surface area (Å²) in [5.41, 5.74) is 5.53. The quantitative estimate of drug-likeness (QED) is 0.840. The molecule has 1 aromatic rings. The molecule has 0 aromatic carbocycles. The van der Waals surface area contributed by atoms with E-state index in [9.17, 15) is 4.79 Å². The van der Waals surface area contributed by atoms with Crippen LogP contribution in [0, 0.1) is 12.8 Å². The van der Waals surface area contributed by atoms with E-state index in [4.69, 9.17) is 10.2 Å². The number of furan rings is 1. The molecule has 0 spiro atoms. The Morgan fingerprint density at radius 2 is 2.28 bits per heavy atom. The zero-order chi connectivity index (χ0) is 13.1. The smallest absolute Gasteiger partial charge is 0.226 e. The first-order chi connectivity index (χ1) is 8.61. The van der Waals surface area contributed by atoms with Gasteiger partial charge in [-0.3, -0.25) is 4.79 Å². The van der Waals surface area contributed by atoms with Gasteiger partial charge in [-0.2, -0.15) is 0 Å². The van der Waals surface area contributed by atoms with E-state index in [0.717, 1.165) is 30.8 Å². The Hall–Kier alpha value is -1.29. The first-order valence-electron chi connectivity index (χ1n) is 6.67. The van der Waals surface area contributed by atoms with Crippen LogP contribution < -0.4 is 5.73 Å². The standard InChI is InChI=1S/C14H22N2O2/c1-10(7-8-15)14(17)16(12-4-5-12)9-13-6-3-11(2)18-13/h3,6,10,12H,4-5,7-9,15H2,1-2H3. The third-order valence-corrected chi connectivity index (χ3v) is 3.41. The Morgan fingerprint density at radius 1 is 1.56 bits per heavy atom. The van der Waals surface area contributed by atoms with Gasteiger partial charge in [-0.25, -0.2) is 0 Å². The lowest BCUT2D eigenvalue weighted by Crippen LogP contribution is -2.37. The second-order valence-electron chi connectivity index (χ2n) is 5.19. The topological polar surface area (TPSA) is 59.5 Å². The van der Waals surface area contributed by atoms with Crippen molar-refractivity contribution in [2.24, 2.45) is 11.7 Å². The van der Waals surface area contributed by atoms with Gasteiger partial charge in [0.25, 0.3) is 0 Å². The molecule has 0 saturated heterocycles. The fourth-order valence-corrected chi connectivity index (χ4v) is 2.17. The number of carbonyl (C=O) groups is 1. The molecule has 0 aliphatic heterocycles. The highest BCUT2D eigenvalue weighted by Crippen LogP contribution is 2.30. The maximum Gasteiger partial charge on any atom is 0.226 e. The predicted octanol–water partition coefficient (Wildman–Crippen LogP) is 2.06. The van der Waals surface area contributed by atoms with Gasteiger partial charge < -0.3 is 15.1 Å². The molecule has 4 heteroatoms.